The highest BCUT2D eigenvalue weighted by molar-refractivity contribution is 9.10. The van der Waals surface area contributed by atoms with Crippen LogP contribution in [0.2, 0.25) is 0 Å². The molecule has 0 radical (unpaired) electrons. The minimum absolute atomic E-state index is 0.0988. The van der Waals surface area contributed by atoms with Crippen LogP contribution in [0.25, 0.3) is 0 Å². The van der Waals surface area contributed by atoms with Crippen LogP contribution in [0.1, 0.15) is 35.7 Å². The van der Waals surface area contributed by atoms with E-state index in [1.54, 1.807) is 12.4 Å². The van der Waals surface area contributed by atoms with Crippen molar-refractivity contribution in [3.05, 3.63) is 52.3 Å². The summed E-state index contributed by atoms with van der Waals surface area (Å²) in [6, 6.07) is 7.96. The molecule has 0 aliphatic carbocycles. The normalized spacial score (nSPS) is 15.0. The van der Waals surface area contributed by atoms with Crippen molar-refractivity contribution < 1.29 is 4.79 Å². The Morgan fingerprint density at radius 1 is 1.04 bits per heavy atom. The number of piperazine rings is 1. The summed E-state index contributed by atoms with van der Waals surface area (Å²) in [5.41, 5.74) is 2.01. The largest absolute Gasteiger partial charge is 0.337 e. The van der Waals surface area contributed by atoms with E-state index in [1.807, 2.05) is 29.2 Å². The van der Waals surface area contributed by atoms with Gasteiger partial charge in [0, 0.05) is 44.1 Å². The van der Waals surface area contributed by atoms with Crippen LogP contribution in [0, 0.1) is 0 Å². The first kappa shape index (κ1) is 16.9. The average molecular weight is 389 g/mol. The molecule has 3 rings (SSSR count). The van der Waals surface area contributed by atoms with E-state index < -0.39 is 0 Å². The van der Waals surface area contributed by atoms with E-state index in [1.165, 1.54) is 5.56 Å². The number of anilines is 1. The van der Waals surface area contributed by atoms with Gasteiger partial charge in [0.1, 0.15) is 0 Å². The van der Waals surface area contributed by atoms with Gasteiger partial charge in [-0.15, -0.1) is 0 Å². The van der Waals surface area contributed by atoms with Crippen molar-refractivity contribution in [1.82, 2.24) is 14.9 Å². The highest BCUT2D eigenvalue weighted by atomic mass is 79.9. The van der Waals surface area contributed by atoms with Crippen LogP contribution in [0.15, 0.2) is 41.1 Å². The third-order valence-corrected chi connectivity index (χ3v) is 4.69. The Balaban J connectivity index is 1.61. The van der Waals surface area contributed by atoms with Crippen LogP contribution in [0.5, 0.6) is 0 Å². The number of benzene rings is 1. The molecule has 5 nitrogen and oxygen atoms in total. The molecule has 1 aliphatic heterocycles. The number of carbonyl (C=O) groups is 1. The van der Waals surface area contributed by atoms with Crippen molar-refractivity contribution in [2.75, 3.05) is 31.1 Å². The summed E-state index contributed by atoms with van der Waals surface area (Å²) in [4.78, 5) is 25.3. The van der Waals surface area contributed by atoms with E-state index in [4.69, 9.17) is 0 Å². The van der Waals surface area contributed by atoms with Crippen LogP contribution in [0.3, 0.4) is 0 Å². The molecule has 1 aliphatic rings. The lowest BCUT2D eigenvalue weighted by atomic mass is 10.0. The number of nitrogens with zero attached hydrogens (tertiary/aromatic N) is 4. The molecule has 1 saturated heterocycles. The number of halogens is 1. The van der Waals surface area contributed by atoms with Crippen LogP contribution < -0.4 is 4.90 Å². The van der Waals surface area contributed by atoms with Crippen LogP contribution in [-0.2, 0) is 0 Å². The van der Waals surface area contributed by atoms with Gasteiger partial charge in [0.05, 0.1) is 4.47 Å². The van der Waals surface area contributed by atoms with Crippen molar-refractivity contribution in [2.24, 2.45) is 0 Å². The Kier molecular flexibility index (Phi) is 5.14. The Morgan fingerprint density at radius 3 is 2.17 bits per heavy atom. The standard InChI is InChI=1S/C18H21BrN4O/c1-13(2)14-3-5-15(6-4-14)17(24)22-7-9-23(10-8-22)18-20-11-16(19)12-21-18/h3-6,11-13H,7-10H2,1-2H3. The third-order valence-electron chi connectivity index (χ3n) is 4.28. The lowest BCUT2D eigenvalue weighted by molar-refractivity contribution is 0.0746. The summed E-state index contributed by atoms with van der Waals surface area (Å²) >= 11 is 3.34. The molecule has 1 aromatic carbocycles. The summed E-state index contributed by atoms with van der Waals surface area (Å²) in [5, 5.41) is 0. The number of rotatable bonds is 3. The van der Waals surface area contributed by atoms with Crippen molar-refractivity contribution in [2.45, 2.75) is 19.8 Å². The first-order valence-electron chi connectivity index (χ1n) is 8.16. The predicted octanol–water partition coefficient (Wildman–Crippen LogP) is 3.32. The number of amides is 1. The van der Waals surface area contributed by atoms with Gasteiger partial charge in [-0.3, -0.25) is 4.79 Å². The summed E-state index contributed by atoms with van der Waals surface area (Å²) in [7, 11) is 0. The second kappa shape index (κ2) is 7.30. The quantitative estimate of drug-likeness (QED) is 0.808. The molecule has 2 heterocycles. The van der Waals surface area contributed by atoms with E-state index in [9.17, 15) is 4.79 Å². The maximum atomic E-state index is 12.6. The zero-order valence-corrected chi connectivity index (χ0v) is 15.5. The number of hydrogen-bond acceptors (Lipinski definition) is 4. The van der Waals surface area contributed by atoms with Crippen LogP contribution in [-0.4, -0.2) is 47.0 Å². The second-order valence-electron chi connectivity index (χ2n) is 6.26. The molecular formula is C18H21BrN4O. The predicted molar refractivity (Wildman–Crippen MR) is 98.4 cm³/mol. The Morgan fingerprint density at radius 2 is 1.62 bits per heavy atom. The van der Waals surface area contributed by atoms with Gasteiger partial charge in [-0.25, -0.2) is 9.97 Å². The lowest BCUT2D eigenvalue weighted by Crippen LogP contribution is -2.49. The van der Waals surface area contributed by atoms with Gasteiger partial charge in [-0.1, -0.05) is 26.0 Å². The third kappa shape index (κ3) is 3.75. The molecule has 0 bridgehead atoms. The fourth-order valence-electron chi connectivity index (χ4n) is 2.77. The molecule has 0 atom stereocenters. The van der Waals surface area contributed by atoms with Gasteiger partial charge in [0.2, 0.25) is 5.95 Å². The van der Waals surface area contributed by atoms with Gasteiger partial charge in [-0.05, 0) is 39.5 Å². The zero-order chi connectivity index (χ0) is 17.1. The molecule has 0 saturated carbocycles. The van der Waals surface area contributed by atoms with Gasteiger partial charge in [0.25, 0.3) is 5.91 Å². The maximum Gasteiger partial charge on any atom is 0.253 e. The monoisotopic (exact) mass is 388 g/mol. The van der Waals surface area contributed by atoms with E-state index in [-0.39, 0.29) is 5.91 Å². The summed E-state index contributed by atoms with van der Waals surface area (Å²) < 4.78 is 0.866. The number of hydrogen-bond donors (Lipinski definition) is 0. The fourth-order valence-corrected chi connectivity index (χ4v) is 2.98. The van der Waals surface area contributed by atoms with Gasteiger partial charge in [-0.2, -0.15) is 0 Å². The van der Waals surface area contributed by atoms with E-state index in [0.717, 1.165) is 23.1 Å². The molecule has 1 fully saturated rings. The second-order valence-corrected chi connectivity index (χ2v) is 7.17. The van der Waals surface area contributed by atoms with Gasteiger partial charge in [0.15, 0.2) is 0 Å². The van der Waals surface area contributed by atoms with Crippen molar-refractivity contribution in [3.8, 4) is 0 Å². The van der Waals surface area contributed by atoms with Crippen molar-refractivity contribution in [1.29, 1.82) is 0 Å². The Bertz CT molecular complexity index is 692. The topological polar surface area (TPSA) is 49.3 Å². The molecule has 126 valence electrons. The molecular weight excluding hydrogens is 368 g/mol. The highest BCUT2D eigenvalue weighted by Gasteiger charge is 2.23. The molecule has 1 aromatic heterocycles. The number of carbonyl (C=O) groups excluding carboxylic acids is 1. The van der Waals surface area contributed by atoms with Crippen LogP contribution in [0.4, 0.5) is 5.95 Å². The summed E-state index contributed by atoms with van der Waals surface area (Å²) in [6.07, 6.45) is 3.49. The van der Waals surface area contributed by atoms with Gasteiger partial charge < -0.3 is 9.80 Å². The van der Waals surface area contributed by atoms with E-state index in [0.29, 0.717) is 25.0 Å². The molecule has 0 unspecified atom stereocenters. The van der Waals surface area contributed by atoms with Crippen molar-refractivity contribution in [3.63, 3.8) is 0 Å². The van der Waals surface area contributed by atoms with E-state index >= 15 is 0 Å². The molecule has 1 amide bonds. The molecule has 0 N–H and O–H groups in total. The molecule has 24 heavy (non-hydrogen) atoms. The maximum absolute atomic E-state index is 12.6. The molecule has 2 aromatic rings. The van der Waals surface area contributed by atoms with E-state index in [2.05, 4.69) is 44.6 Å². The minimum Gasteiger partial charge on any atom is -0.337 e. The van der Waals surface area contributed by atoms with Gasteiger partial charge >= 0.3 is 0 Å². The fraction of sp³-hybridized carbons (Fsp3) is 0.389. The van der Waals surface area contributed by atoms with Crippen molar-refractivity contribution >= 4 is 27.8 Å². The average Bonchev–Trinajstić information content (AvgIpc) is 2.62. The Labute approximate surface area is 150 Å². The number of aromatic nitrogens is 2. The highest BCUT2D eigenvalue weighted by Crippen LogP contribution is 2.17. The van der Waals surface area contributed by atoms with Crippen LogP contribution >= 0.6 is 15.9 Å². The smallest absolute Gasteiger partial charge is 0.253 e. The summed E-state index contributed by atoms with van der Waals surface area (Å²) in [6.45, 7) is 7.17. The first-order valence-corrected chi connectivity index (χ1v) is 8.95. The zero-order valence-electron chi connectivity index (χ0n) is 13.9. The Hall–Kier alpha value is -1.95. The molecule has 0 spiro atoms. The lowest BCUT2D eigenvalue weighted by Gasteiger charge is -2.34. The summed E-state index contributed by atoms with van der Waals surface area (Å²) in [5.74, 6) is 1.29. The first-order chi connectivity index (χ1) is 11.5. The molecule has 6 heteroatoms. The SMILES string of the molecule is CC(C)c1ccc(C(=O)N2CCN(c3ncc(Br)cn3)CC2)cc1. The minimum atomic E-state index is 0.0988.